The Balaban J connectivity index is 2.12. The Labute approximate surface area is 103 Å². The molecule has 2 N–H and O–H groups in total. The third kappa shape index (κ3) is 2.68. The van der Waals surface area contributed by atoms with Crippen molar-refractivity contribution in [1.82, 2.24) is 9.97 Å². The zero-order chi connectivity index (χ0) is 12.3. The molecule has 17 heavy (non-hydrogen) atoms. The van der Waals surface area contributed by atoms with Crippen LogP contribution in [0.1, 0.15) is 39.2 Å². The number of aromatic nitrogens is 2. The van der Waals surface area contributed by atoms with Crippen LogP contribution in [-0.2, 0) is 6.42 Å². The van der Waals surface area contributed by atoms with Crippen molar-refractivity contribution in [3.63, 3.8) is 0 Å². The van der Waals surface area contributed by atoms with Gasteiger partial charge in [-0.1, -0.05) is 20.3 Å². The quantitative estimate of drug-likeness (QED) is 0.794. The first-order valence-corrected chi connectivity index (χ1v) is 6.64. The largest absolute Gasteiger partial charge is 0.370 e. The molecule has 4 heteroatoms. The first-order chi connectivity index (χ1) is 8.30. The molecule has 1 aromatic heterocycles. The number of hydrogen-bond acceptors (Lipinski definition) is 4. The molecule has 0 aliphatic heterocycles. The predicted molar refractivity (Wildman–Crippen MR) is 71.4 cm³/mol. The van der Waals surface area contributed by atoms with Gasteiger partial charge in [0.25, 0.3) is 0 Å². The number of nitrogens with one attached hydrogen (secondary N) is 2. The van der Waals surface area contributed by atoms with Crippen LogP contribution >= 0.6 is 0 Å². The number of nitrogens with zero attached hydrogens (tertiary/aromatic N) is 2. The van der Waals surface area contributed by atoms with E-state index >= 15 is 0 Å². The van der Waals surface area contributed by atoms with Crippen molar-refractivity contribution in [2.45, 2.75) is 46.1 Å². The number of hydrogen-bond donors (Lipinski definition) is 2. The Bertz CT molecular complexity index is 378. The highest BCUT2D eigenvalue weighted by Crippen LogP contribution is 2.36. The van der Waals surface area contributed by atoms with Crippen molar-refractivity contribution in [2.75, 3.05) is 17.2 Å². The fraction of sp³-hybridized carbons (Fsp3) is 0.692. The molecule has 2 atom stereocenters. The van der Waals surface area contributed by atoms with Gasteiger partial charge in [-0.3, -0.25) is 0 Å². The van der Waals surface area contributed by atoms with Crippen LogP contribution in [0.2, 0.25) is 0 Å². The molecule has 0 saturated heterocycles. The standard InChI is InChI=1S/C13H22N4/c1-4-9-7-11(9)17-13-10(5-2)12(14-6-3)15-8-16-13/h8-9,11H,4-7H2,1-3H3,(H2,14,15,16,17). The monoisotopic (exact) mass is 234 g/mol. The second-order valence-electron chi connectivity index (χ2n) is 4.59. The lowest BCUT2D eigenvalue weighted by molar-refractivity contribution is 0.772. The van der Waals surface area contributed by atoms with Crippen molar-refractivity contribution in [1.29, 1.82) is 0 Å². The molecule has 0 aromatic carbocycles. The summed E-state index contributed by atoms with van der Waals surface area (Å²) in [6.07, 6.45) is 5.13. The minimum Gasteiger partial charge on any atom is -0.370 e. The lowest BCUT2D eigenvalue weighted by Crippen LogP contribution is -2.12. The second kappa shape index (κ2) is 5.34. The molecule has 94 valence electrons. The van der Waals surface area contributed by atoms with Gasteiger partial charge in [0.05, 0.1) is 0 Å². The third-order valence-electron chi connectivity index (χ3n) is 3.41. The average molecular weight is 234 g/mol. The van der Waals surface area contributed by atoms with Crippen LogP contribution in [0, 0.1) is 5.92 Å². The maximum atomic E-state index is 4.38. The van der Waals surface area contributed by atoms with Crippen LogP contribution in [0.5, 0.6) is 0 Å². The van der Waals surface area contributed by atoms with Gasteiger partial charge in [0.2, 0.25) is 0 Å². The van der Waals surface area contributed by atoms with Crippen molar-refractivity contribution < 1.29 is 0 Å². The average Bonchev–Trinajstić information content (AvgIpc) is 3.08. The minimum atomic E-state index is 0.620. The fourth-order valence-corrected chi connectivity index (χ4v) is 2.24. The maximum absolute atomic E-state index is 4.38. The van der Waals surface area contributed by atoms with E-state index in [9.17, 15) is 0 Å². The van der Waals surface area contributed by atoms with Crippen LogP contribution in [0.3, 0.4) is 0 Å². The highest BCUT2D eigenvalue weighted by Gasteiger charge is 2.35. The van der Waals surface area contributed by atoms with Crippen molar-refractivity contribution in [3.05, 3.63) is 11.9 Å². The summed E-state index contributed by atoms with van der Waals surface area (Å²) in [7, 11) is 0. The van der Waals surface area contributed by atoms with E-state index in [1.165, 1.54) is 18.4 Å². The molecule has 1 heterocycles. The summed E-state index contributed by atoms with van der Waals surface area (Å²) in [5.41, 5.74) is 1.20. The van der Waals surface area contributed by atoms with E-state index in [0.29, 0.717) is 6.04 Å². The van der Waals surface area contributed by atoms with Crippen molar-refractivity contribution in [3.8, 4) is 0 Å². The molecule has 2 unspecified atom stereocenters. The van der Waals surface area contributed by atoms with E-state index in [-0.39, 0.29) is 0 Å². The minimum absolute atomic E-state index is 0.620. The molecule has 0 bridgehead atoms. The van der Waals surface area contributed by atoms with E-state index < -0.39 is 0 Å². The summed E-state index contributed by atoms with van der Waals surface area (Å²) in [4.78, 5) is 8.68. The number of anilines is 2. The summed E-state index contributed by atoms with van der Waals surface area (Å²) < 4.78 is 0. The molecule has 4 nitrogen and oxygen atoms in total. The van der Waals surface area contributed by atoms with E-state index in [2.05, 4.69) is 41.4 Å². The molecular weight excluding hydrogens is 212 g/mol. The Morgan fingerprint density at radius 1 is 1.24 bits per heavy atom. The van der Waals surface area contributed by atoms with Gasteiger partial charge in [0.15, 0.2) is 0 Å². The molecule has 1 aliphatic carbocycles. The first kappa shape index (κ1) is 12.1. The Morgan fingerprint density at radius 2 is 2.00 bits per heavy atom. The van der Waals surface area contributed by atoms with E-state index in [0.717, 1.165) is 30.5 Å². The van der Waals surface area contributed by atoms with E-state index in [1.807, 2.05) is 0 Å². The molecule has 0 radical (unpaired) electrons. The number of rotatable bonds is 6. The summed E-state index contributed by atoms with van der Waals surface area (Å²) >= 11 is 0. The molecule has 0 spiro atoms. The zero-order valence-electron chi connectivity index (χ0n) is 11.0. The fourth-order valence-electron chi connectivity index (χ4n) is 2.24. The lowest BCUT2D eigenvalue weighted by atomic mass is 10.2. The van der Waals surface area contributed by atoms with Crippen molar-refractivity contribution >= 4 is 11.6 Å². The highest BCUT2D eigenvalue weighted by atomic mass is 15.1. The van der Waals surface area contributed by atoms with Crippen LogP contribution in [-0.4, -0.2) is 22.6 Å². The summed E-state index contributed by atoms with van der Waals surface area (Å²) in [6, 6.07) is 0.620. The maximum Gasteiger partial charge on any atom is 0.134 e. The van der Waals surface area contributed by atoms with Crippen LogP contribution in [0.15, 0.2) is 6.33 Å². The molecule has 1 saturated carbocycles. The normalized spacial score (nSPS) is 22.3. The summed E-state index contributed by atoms with van der Waals surface area (Å²) in [5, 5.41) is 6.84. The van der Waals surface area contributed by atoms with Crippen molar-refractivity contribution in [2.24, 2.45) is 5.92 Å². The van der Waals surface area contributed by atoms with Gasteiger partial charge < -0.3 is 10.6 Å². The zero-order valence-corrected chi connectivity index (χ0v) is 11.0. The van der Waals surface area contributed by atoms with Gasteiger partial charge in [-0.2, -0.15) is 0 Å². The molecule has 1 aromatic rings. The van der Waals surface area contributed by atoms with E-state index in [1.54, 1.807) is 6.33 Å². The first-order valence-electron chi connectivity index (χ1n) is 6.64. The molecular formula is C13H22N4. The lowest BCUT2D eigenvalue weighted by Gasteiger charge is -2.13. The SMILES string of the molecule is CCNc1ncnc(NC2CC2CC)c1CC. The van der Waals surface area contributed by atoms with E-state index in [4.69, 9.17) is 0 Å². The summed E-state index contributed by atoms with van der Waals surface area (Å²) in [5.74, 6) is 2.82. The van der Waals surface area contributed by atoms with Gasteiger partial charge in [-0.05, 0) is 25.7 Å². The van der Waals surface area contributed by atoms with Gasteiger partial charge >= 0.3 is 0 Å². The third-order valence-corrected chi connectivity index (χ3v) is 3.41. The second-order valence-corrected chi connectivity index (χ2v) is 4.59. The Hall–Kier alpha value is -1.32. The predicted octanol–water partition coefficient (Wildman–Crippen LogP) is 2.68. The Kier molecular flexibility index (Phi) is 3.82. The van der Waals surface area contributed by atoms with Crippen LogP contribution < -0.4 is 10.6 Å². The van der Waals surface area contributed by atoms with Crippen LogP contribution in [0.25, 0.3) is 0 Å². The van der Waals surface area contributed by atoms with Gasteiger partial charge in [-0.25, -0.2) is 9.97 Å². The molecule has 0 amide bonds. The van der Waals surface area contributed by atoms with Gasteiger partial charge in [-0.15, -0.1) is 0 Å². The Morgan fingerprint density at radius 3 is 2.59 bits per heavy atom. The highest BCUT2D eigenvalue weighted by molar-refractivity contribution is 5.58. The smallest absolute Gasteiger partial charge is 0.134 e. The topological polar surface area (TPSA) is 49.8 Å². The van der Waals surface area contributed by atoms with Crippen LogP contribution in [0.4, 0.5) is 11.6 Å². The van der Waals surface area contributed by atoms with Gasteiger partial charge in [0, 0.05) is 18.2 Å². The molecule has 1 aliphatic rings. The van der Waals surface area contributed by atoms with Gasteiger partial charge in [0.1, 0.15) is 18.0 Å². The molecule has 1 fully saturated rings. The molecule has 2 rings (SSSR count). The summed E-state index contributed by atoms with van der Waals surface area (Å²) in [6.45, 7) is 7.37.